The van der Waals surface area contributed by atoms with Gasteiger partial charge < -0.3 is 9.84 Å². The Morgan fingerprint density at radius 1 is 0.842 bits per heavy atom. The predicted octanol–water partition coefficient (Wildman–Crippen LogP) is 8.18. The molecule has 3 aliphatic carbocycles. The van der Waals surface area contributed by atoms with Crippen LogP contribution in [0.3, 0.4) is 0 Å². The van der Waals surface area contributed by atoms with Crippen LogP contribution in [0.1, 0.15) is 78.7 Å². The maximum atomic E-state index is 9.79. The highest BCUT2D eigenvalue weighted by atomic mass is 16.5. The lowest BCUT2D eigenvalue weighted by atomic mass is 9.68. The fraction of sp³-hybridized carbons (Fsp3) is 0.389. The average Bonchev–Trinajstić information content (AvgIpc) is 3.38. The van der Waals surface area contributed by atoms with Crippen LogP contribution in [0.5, 0.6) is 5.75 Å². The van der Waals surface area contributed by atoms with Crippen LogP contribution in [-0.2, 0) is 12.8 Å². The molecule has 0 aromatic heterocycles. The van der Waals surface area contributed by atoms with Gasteiger partial charge in [-0.25, -0.2) is 0 Å². The van der Waals surface area contributed by atoms with E-state index in [1.54, 1.807) is 0 Å². The molecule has 3 unspecified atom stereocenters. The zero-order chi connectivity index (χ0) is 25.7. The normalized spacial score (nSPS) is 24.6. The second-order valence-electron chi connectivity index (χ2n) is 11.5. The number of hydrogen-bond acceptors (Lipinski definition) is 2. The summed E-state index contributed by atoms with van der Waals surface area (Å²) in [6.07, 6.45) is 16.8. The summed E-state index contributed by atoms with van der Waals surface area (Å²) >= 11 is 0. The molecule has 196 valence electrons. The minimum atomic E-state index is -0.103. The number of aliphatic hydroxyl groups is 1. The monoisotopic (exact) mass is 504 g/mol. The predicted molar refractivity (Wildman–Crippen MR) is 156 cm³/mol. The smallest absolute Gasteiger partial charge is 0.119 e. The first-order chi connectivity index (χ1) is 18.7. The number of benzene rings is 3. The molecule has 0 aliphatic heterocycles. The Labute approximate surface area is 228 Å². The van der Waals surface area contributed by atoms with Crippen molar-refractivity contribution in [3.63, 3.8) is 0 Å². The van der Waals surface area contributed by atoms with Crippen LogP contribution >= 0.6 is 0 Å². The van der Waals surface area contributed by atoms with Gasteiger partial charge in [-0.1, -0.05) is 78.9 Å². The highest BCUT2D eigenvalue weighted by Gasteiger charge is 2.33. The topological polar surface area (TPSA) is 29.5 Å². The van der Waals surface area contributed by atoms with Crippen LogP contribution in [-0.4, -0.2) is 17.8 Å². The number of allylic oxidation sites excluding steroid dienone is 4. The third-order valence-electron chi connectivity index (χ3n) is 8.92. The van der Waals surface area contributed by atoms with Gasteiger partial charge in [0, 0.05) is 5.92 Å². The van der Waals surface area contributed by atoms with Crippen molar-refractivity contribution in [1.82, 2.24) is 0 Å². The molecule has 1 fully saturated rings. The summed E-state index contributed by atoms with van der Waals surface area (Å²) in [5.41, 5.74) is 8.68. The molecule has 0 amide bonds. The minimum Gasteiger partial charge on any atom is -0.494 e. The summed E-state index contributed by atoms with van der Waals surface area (Å²) in [6.45, 7) is 0.730. The van der Waals surface area contributed by atoms with Gasteiger partial charge in [0.05, 0.1) is 12.7 Å². The third-order valence-corrected chi connectivity index (χ3v) is 8.92. The van der Waals surface area contributed by atoms with E-state index in [0.717, 1.165) is 63.7 Å². The van der Waals surface area contributed by atoms with Crippen molar-refractivity contribution in [2.24, 2.45) is 11.8 Å². The molecule has 0 saturated heterocycles. The van der Waals surface area contributed by atoms with Crippen LogP contribution in [0.2, 0.25) is 0 Å². The van der Waals surface area contributed by atoms with Crippen molar-refractivity contribution in [2.45, 2.75) is 69.8 Å². The third kappa shape index (κ3) is 5.81. The molecule has 1 saturated carbocycles. The molecular weight excluding hydrogens is 464 g/mol. The highest BCUT2D eigenvalue weighted by Crippen LogP contribution is 2.46. The number of rotatable bonds is 8. The number of ether oxygens (including phenoxy) is 1. The van der Waals surface area contributed by atoms with Crippen LogP contribution in [0.4, 0.5) is 0 Å². The van der Waals surface area contributed by atoms with E-state index in [1.165, 1.54) is 39.8 Å². The summed E-state index contributed by atoms with van der Waals surface area (Å²) in [6, 6.07) is 27.0. The zero-order valence-electron chi connectivity index (χ0n) is 22.4. The number of aliphatic hydroxyl groups excluding tert-OH is 1. The summed E-state index contributed by atoms with van der Waals surface area (Å²) in [4.78, 5) is 0. The lowest BCUT2D eigenvalue weighted by molar-refractivity contribution is 0.174. The second kappa shape index (κ2) is 11.7. The van der Waals surface area contributed by atoms with Crippen LogP contribution in [0.25, 0.3) is 0 Å². The SMILES string of the molecule is OC1CCC(CCOc2ccc([C@@H]3c4ccc(Cc5ccccc5)cc4CCC3C3=CCCC=C3)cc2)C1. The van der Waals surface area contributed by atoms with Crippen molar-refractivity contribution >= 4 is 0 Å². The summed E-state index contributed by atoms with van der Waals surface area (Å²) in [5, 5.41) is 9.79. The van der Waals surface area contributed by atoms with Gasteiger partial charge in [0.1, 0.15) is 5.75 Å². The number of aryl methyl sites for hydroxylation is 1. The Bertz CT molecular complexity index is 1270. The molecule has 6 rings (SSSR count). The number of fused-ring (bicyclic) bond motifs is 1. The Balaban J connectivity index is 1.22. The minimum absolute atomic E-state index is 0.103. The van der Waals surface area contributed by atoms with E-state index in [2.05, 4.69) is 91.0 Å². The van der Waals surface area contributed by atoms with Gasteiger partial charge in [-0.3, -0.25) is 0 Å². The Hall–Kier alpha value is -3.10. The first-order valence-electron chi connectivity index (χ1n) is 14.7. The first-order valence-corrected chi connectivity index (χ1v) is 14.7. The average molecular weight is 505 g/mol. The van der Waals surface area contributed by atoms with Crippen molar-refractivity contribution in [2.75, 3.05) is 6.61 Å². The molecule has 2 nitrogen and oxygen atoms in total. The molecule has 1 N–H and O–H groups in total. The van der Waals surface area contributed by atoms with Crippen molar-refractivity contribution in [3.05, 3.63) is 124 Å². The zero-order valence-corrected chi connectivity index (χ0v) is 22.4. The second-order valence-corrected chi connectivity index (χ2v) is 11.5. The van der Waals surface area contributed by atoms with Crippen LogP contribution < -0.4 is 4.74 Å². The lowest BCUT2D eigenvalue weighted by Gasteiger charge is -2.36. The maximum Gasteiger partial charge on any atom is 0.119 e. The molecule has 2 heteroatoms. The van der Waals surface area contributed by atoms with E-state index in [9.17, 15) is 5.11 Å². The Morgan fingerprint density at radius 3 is 2.47 bits per heavy atom. The maximum absolute atomic E-state index is 9.79. The molecule has 38 heavy (non-hydrogen) atoms. The Morgan fingerprint density at radius 2 is 1.71 bits per heavy atom. The molecule has 4 atom stereocenters. The van der Waals surface area contributed by atoms with Gasteiger partial charge in [0.15, 0.2) is 0 Å². The van der Waals surface area contributed by atoms with Gasteiger partial charge in [0.25, 0.3) is 0 Å². The van der Waals surface area contributed by atoms with Crippen molar-refractivity contribution < 1.29 is 9.84 Å². The Kier molecular flexibility index (Phi) is 7.79. The van der Waals surface area contributed by atoms with Gasteiger partial charge in [-0.05, 0) is 115 Å². The van der Waals surface area contributed by atoms with E-state index >= 15 is 0 Å². The van der Waals surface area contributed by atoms with Crippen LogP contribution in [0, 0.1) is 11.8 Å². The summed E-state index contributed by atoms with van der Waals surface area (Å²) in [7, 11) is 0. The molecule has 3 aliphatic rings. The lowest BCUT2D eigenvalue weighted by Crippen LogP contribution is -2.23. The van der Waals surface area contributed by atoms with Gasteiger partial charge in [-0.15, -0.1) is 0 Å². The van der Waals surface area contributed by atoms with Crippen LogP contribution in [0.15, 0.2) is 96.6 Å². The number of hydrogen-bond donors (Lipinski definition) is 1. The standard InChI is InChI=1S/C36H40O2/c37-32-16-11-27(25-32)21-22-38-33-17-13-30(14-18-33)36-34(29-9-5-2-6-10-29)20-15-31-24-28(12-19-35(31)36)23-26-7-3-1-4-8-26/h1,3-5,7-10,12-14,17-19,24,27,32,34,36-37H,2,6,11,15-16,20-23,25H2/t27?,32?,34?,36-/m0/s1. The molecule has 0 spiro atoms. The quantitative estimate of drug-likeness (QED) is 0.335. The van der Waals surface area contributed by atoms with Gasteiger partial charge >= 0.3 is 0 Å². The molecular formula is C36H40O2. The first kappa shape index (κ1) is 25.2. The summed E-state index contributed by atoms with van der Waals surface area (Å²) < 4.78 is 6.13. The van der Waals surface area contributed by atoms with Crippen molar-refractivity contribution in [1.29, 1.82) is 0 Å². The van der Waals surface area contributed by atoms with E-state index in [4.69, 9.17) is 4.74 Å². The van der Waals surface area contributed by atoms with E-state index in [0.29, 0.717) is 17.8 Å². The van der Waals surface area contributed by atoms with Gasteiger partial charge in [-0.2, -0.15) is 0 Å². The highest BCUT2D eigenvalue weighted by molar-refractivity contribution is 5.48. The summed E-state index contributed by atoms with van der Waals surface area (Å²) in [5.74, 6) is 2.44. The molecule has 3 aromatic rings. The van der Waals surface area contributed by atoms with Gasteiger partial charge in [0.2, 0.25) is 0 Å². The molecule has 0 bridgehead atoms. The fourth-order valence-corrected chi connectivity index (χ4v) is 6.92. The van der Waals surface area contributed by atoms with E-state index < -0.39 is 0 Å². The molecule has 0 heterocycles. The largest absolute Gasteiger partial charge is 0.494 e. The fourth-order valence-electron chi connectivity index (χ4n) is 6.92. The van der Waals surface area contributed by atoms with E-state index in [-0.39, 0.29) is 6.10 Å². The molecule has 3 aromatic carbocycles. The molecule has 0 radical (unpaired) electrons. The van der Waals surface area contributed by atoms with E-state index in [1.807, 2.05) is 0 Å². The van der Waals surface area contributed by atoms with Crippen molar-refractivity contribution in [3.8, 4) is 5.75 Å².